The molecule has 40 heavy (non-hydrogen) atoms. The molecular weight excluding hydrogens is 492 g/mol. The summed E-state index contributed by atoms with van der Waals surface area (Å²) in [5, 5.41) is 0. The van der Waals surface area contributed by atoms with Gasteiger partial charge in [0.2, 0.25) is 0 Å². The van der Waals surface area contributed by atoms with Crippen LogP contribution in [-0.4, -0.2) is 17.9 Å². The fourth-order valence-electron chi connectivity index (χ4n) is 9.34. The molecule has 6 atom stereocenters. The number of hydrogen-bond donors (Lipinski definition) is 0. The number of rotatable bonds is 17. The molecule has 3 saturated carbocycles. The zero-order valence-electron chi connectivity index (χ0n) is 26.1. The van der Waals surface area contributed by atoms with Crippen LogP contribution in [0.1, 0.15) is 162 Å². The minimum Gasteiger partial charge on any atom is -0.462 e. The molecule has 0 spiro atoms. The molecule has 3 heteroatoms. The lowest BCUT2D eigenvalue weighted by atomic mass is 9.51. The molecule has 226 valence electrons. The van der Waals surface area contributed by atoms with Crippen LogP contribution in [0.2, 0.25) is 0 Å². The maximum atomic E-state index is 12.9. The average Bonchev–Trinajstić information content (AvgIpc) is 3.33. The van der Waals surface area contributed by atoms with Crippen LogP contribution in [0.15, 0.2) is 23.8 Å². The van der Waals surface area contributed by atoms with E-state index < -0.39 is 0 Å². The number of ketones is 1. The summed E-state index contributed by atoms with van der Waals surface area (Å²) in [5.41, 5.74) is 1.66. The van der Waals surface area contributed by atoms with E-state index in [1.165, 1.54) is 102 Å². The fraction of sp³-hybridized carbons (Fsp3) is 0.838. The number of allylic oxidation sites excluding steroid dienone is 3. The van der Waals surface area contributed by atoms with E-state index in [-0.39, 0.29) is 17.5 Å². The first-order valence-corrected chi connectivity index (χ1v) is 17.7. The molecule has 4 aliphatic carbocycles. The first-order valence-electron chi connectivity index (χ1n) is 17.7. The van der Waals surface area contributed by atoms with Crippen molar-refractivity contribution in [3.8, 4) is 0 Å². The third-order valence-electron chi connectivity index (χ3n) is 11.5. The summed E-state index contributed by atoms with van der Waals surface area (Å²) < 4.78 is 6.29. The third-order valence-corrected chi connectivity index (χ3v) is 11.5. The second-order valence-electron chi connectivity index (χ2n) is 13.8. The summed E-state index contributed by atoms with van der Waals surface area (Å²) in [6.07, 6.45) is 34.2. The molecule has 0 bridgehead atoms. The lowest BCUT2D eigenvalue weighted by molar-refractivity contribution is -0.160. The van der Waals surface area contributed by atoms with Gasteiger partial charge in [-0.2, -0.15) is 0 Å². The second-order valence-corrected chi connectivity index (χ2v) is 13.8. The van der Waals surface area contributed by atoms with Crippen LogP contribution in [-0.2, 0) is 14.3 Å². The molecule has 0 N–H and O–H groups in total. The van der Waals surface area contributed by atoms with Crippen LogP contribution in [0.4, 0.5) is 0 Å². The van der Waals surface area contributed by atoms with E-state index in [4.69, 9.17) is 4.74 Å². The molecule has 3 nitrogen and oxygen atoms in total. The smallest absolute Gasteiger partial charge is 0.306 e. The van der Waals surface area contributed by atoms with E-state index in [0.717, 1.165) is 56.8 Å². The van der Waals surface area contributed by atoms with E-state index in [1.54, 1.807) is 0 Å². The molecule has 0 unspecified atom stereocenters. The summed E-state index contributed by atoms with van der Waals surface area (Å²) in [5.74, 6) is 3.27. The molecule has 0 aromatic rings. The van der Waals surface area contributed by atoms with Gasteiger partial charge < -0.3 is 4.74 Å². The summed E-state index contributed by atoms with van der Waals surface area (Å²) in [6.45, 7) is 4.62. The summed E-state index contributed by atoms with van der Waals surface area (Å²) in [7, 11) is 0. The maximum absolute atomic E-state index is 12.9. The Hall–Kier alpha value is -1.38. The molecule has 4 rings (SSSR count). The van der Waals surface area contributed by atoms with Crippen molar-refractivity contribution >= 4 is 11.8 Å². The van der Waals surface area contributed by atoms with E-state index in [0.29, 0.717) is 24.0 Å². The van der Waals surface area contributed by atoms with Crippen molar-refractivity contribution in [3.63, 3.8) is 0 Å². The number of carbonyl (C=O) groups is 2. The number of esters is 1. The van der Waals surface area contributed by atoms with Crippen LogP contribution < -0.4 is 0 Å². The zero-order valence-corrected chi connectivity index (χ0v) is 26.1. The number of unbranched alkanes of at least 4 members (excludes halogenated alkanes) is 11. The van der Waals surface area contributed by atoms with Crippen molar-refractivity contribution in [3.05, 3.63) is 23.8 Å². The van der Waals surface area contributed by atoms with Crippen LogP contribution in [0, 0.1) is 29.1 Å². The molecule has 0 radical (unpaired) electrons. The monoisotopic (exact) mass is 552 g/mol. The molecule has 0 aromatic carbocycles. The van der Waals surface area contributed by atoms with Gasteiger partial charge in [-0.3, -0.25) is 9.59 Å². The minimum atomic E-state index is 0.0536. The number of carbonyl (C=O) groups excluding carboxylic acids is 2. The molecular formula is C37H60O3. The highest BCUT2D eigenvalue weighted by Gasteiger charge is 2.58. The van der Waals surface area contributed by atoms with Gasteiger partial charge in [0, 0.05) is 18.3 Å². The predicted molar refractivity (Wildman–Crippen MR) is 166 cm³/mol. The highest BCUT2D eigenvalue weighted by molar-refractivity contribution is 5.91. The Morgan fingerprint density at radius 1 is 0.825 bits per heavy atom. The quantitative estimate of drug-likeness (QED) is 0.102. The van der Waals surface area contributed by atoms with Gasteiger partial charge in [-0.05, 0) is 113 Å². The minimum absolute atomic E-state index is 0.0536. The fourth-order valence-corrected chi connectivity index (χ4v) is 9.34. The van der Waals surface area contributed by atoms with Crippen LogP contribution >= 0.6 is 0 Å². The summed E-state index contributed by atoms with van der Waals surface area (Å²) in [6, 6.07) is 0. The molecule has 0 amide bonds. The second kappa shape index (κ2) is 16.3. The Kier molecular flexibility index (Phi) is 12.9. The topological polar surface area (TPSA) is 43.4 Å². The Morgan fingerprint density at radius 3 is 2.25 bits per heavy atom. The van der Waals surface area contributed by atoms with E-state index >= 15 is 0 Å². The SMILES string of the molecule is CCCCCCCC/C=C\CCCCCCCC(=O)O[C@H]1CC[C@H]2[C@@H]3CCC4=CC(=O)CC[C@@H]4[C@H]3CC[C@]12CC. The highest BCUT2D eigenvalue weighted by atomic mass is 16.5. The van der Waals surface area contributed by atoms with E-state index in [1.807, 2.05) is 6.08 Å². The van der Waals surface area contributed by atoms with Gasteiger partial charge in [0.15, 0.2) is 5.78 Å². The molecule has 4 aliphatic rings. The van der Waals surface area contributed by atoms with Crippen LogP contribution in [0.5, 0.6) is 0 Å². The Balaban J connectivity index is 1.09. The van der Waals surface area contributed by atoms with Crippen LogP contribution in [0.3, 0.4) is 0 Å². The highest BCUT2D eigenvalue weighted by Crippen LogP contribution is 2.63. The summed E-state index contributed by atoms with van der Waals surface area (Å²) >= 11 is 0. The average molecular weight is 553 g/mol. The standard InChI is InChI=1S/C37H60O3/c1-3-5-6-7-8-9-10-11-12-13-14-15-16-17-18-19-36(39)40-35-25-24-34-33-22-20-29-28-30(38)21-23-31(29)32(33)26-27-37(34,35)4-2/h11-12,28,31-35H,3-10,13-27H2,1-2H3/b12-11-/t31-,32+,33+,34-,35-,37-/m0/s1. The summed E-state index contributed by atoms with van der Waals surface area (Å²) in [4.78, 5) is 24.9. The lowest BCUT2D eigenvalue weighted by Gasteiger charge is -2.54. The molecule has 0 aromatic heterocycles. The third kappa shape index (κ3) is 8.13. The predicted octanol–water partition coefficient (Wildman–Crippen LogP) is 10.5. The lowest BCUT2D eigenvalue weighted by Crippen LogP contribution is -2.49. The van der Waals surface area contributed by atoms with Crippen molar-refractivity contribution in [1.82, 2.24) is 0 Å². The van der Waals surface area contributed by atoms with Gasteiger partial charge in [0.25, 0.3) is 0 Å². The molecule has 0 aliphatic heterocycles. The number of hydrogen-bond acceptors (Lipinski definition) is 3. The Labute approximate surface area is 246 Å². The first kappa shape index (κ1) is 31.6. The van der Waals surface area contributed by atoms with E-state index in [9.17, 15) is 9.59 Å². The normalized spacial score (nSPS) is 31.5. The van der Waals surface area contributed by atoms with Gasteiger partial charge in [-0.15, -0.1) is 0 Å². The zero-order chi connectivity index (χ0) is 28.2. The van der Waals surface area contributed by atoms with Crippen molar-refractivity contribution in [1.29, 1.82) is 0 Å². The Bertz CT molecular complexity index is 855. The Morgan fingerprint density at radius 2 is 1.52 bits per heavy atom. The van der Waals surface area contributed by atoms with Crippen molar-refractivity contribution < 1.29 is 14.3 Å². The first-order chi connectivity index (χ1) is 19.6. The van der Waals surface area contributed by atoms with Gasteiger partial charge in [-0.25, -0.2) is 0 Å². The van der Waals surface area contributed by atoms with Gasteiger partial charge in [-0.1, -0.05) is 82.9 Å². The van der Waals surface area contributed by atoms with Crippen molar-refractivity contribution in [2.75, 3.05) is 0 Å². The maximum Gasteiger partial charge on any atom is 0.306 e. The van der Waals surface area contributed by atoms with Gasteiger partial charge >= 0.3 is 5.97 Å². The number of ether oxygens (including phenoxy) is 1. The molecule has 3 fully saturated rings. The van der Waals surface area contributed by atoms with Crippen molar-refractivity contribution in [2.24, 2.45) is 29.1 Å². The largest absolute Gasteiger partial charge is 0.462 e. The number of fused-ring (bicyclic) bond motifs is 5. The van der Waals surface area contributed by atoms with Gasteiger partial charge in [0.05, 0.1) is 0 Å². The molecule has 0 saturated heterocycles. The van der Waals surface area contributed by atoms with E-state index in [2.05, 4.69) is 26.0 Å². The molecule has 0 heterocycles. The van der Waals surface area contributed by atoms with Crippen LogP contribution in [0.25, 0.3) is 0 Å². The van der Waals surface area contributed by atoms with Gasteiger partial charge in [0.1, 0.15) is 6.10 Å². The van der Waals surface area contributed by atoms with Crippen molar-refractivity contribution in [2.45, 2.75) is 168 Å².